The number of hydrogen-bond donors (Lipinski definition) is 2. The average molecular weight is 354 g/mol. The van der Waals surface area contributed by atoms with Gasteiger partial charge in [-0.2, -0.15) is 4.98 Å². The molecule has 0 spiro atoms. The molecule has 138 valence electrons. The maximum absolute atomic E-state index is 5.47. The summed E-state index contributed by atoms with van der Waals surface area (Å²) < 4.78 is 5.47. The van der Waals surface area contributed by atoms with Crippen molar-refractivity contribution in [1.82, 2.24) is 20.3 Å². The third-order valence-electron chi connectivity index (χ3n) is 4.91. The molecule has 1 unspecified atom stereocenters. The molecule has 0 saturated carbocycles. The Hall–Kier alpha value is -2.25. The summed E-state index contributed by atoms with van der Waals surface area (Å²) in [6.45, 7) is 7.23. The monoisotopic (exact) mass is 354 g/mol. The van der Waals surface area contributed by atoms with Crippen LogP contribution in [0.2, 0.25) is 0 Å². The Labute approximate surface area is 154 Å². The summed E-state index contributed by atoms with van der Waals surface area (Å²) in [5.41, 5.74) is 2.27. The molecule has 7 nitrogen and oxygen atoms in total. The van der Waals surface area contributed by atoms with Crippen LogP contribution in [0, 0.1) is 6.92 Å². The molecule has 26 heavy (non-hydrogen) atoms. The van der Waals surface area contributed by atoms with Crippen molar-refractivity contribution in [2.45, 2.75) is 25.7 Å². The van der Waals surface area contributed by atoms with Gasteiger partial charge in [0.1, 0.15) is 11.6 Å². The number of nitrogens with zero attached hydrogens (tertiary/aromatic N) is 4. The van der Waals surface area contributed by atoms with Crippen LogP contribution in [0.4, 0.5) is 17.6 Å². The van der Waals surface area contributed by atoms with Crippen molar-refractivity contribution in [1.29, 1.82) is 0 Å². The van der Waals surface area contributed by atoms with E-state index in [1.165, 1.54) is 12.0 Å². The largest absolute Gasteiger partial charge is 0.378 e. The molecule has 0 radical (unpaired) electrons. The zero-order chi connectivity index (χ0) is 17.8. The van der Waals surface area contributed by atoms with Crippen molar-refractivity contribution in [3.8, 4) is 0 Å². The topological polar surface area (TPSA) is 75.2 Å². The van der Waals surface area contributed by atoms with Gasteiger partial charge in [-0.25, -0.2) is 9.97 Å². The molecule has 0 aromatic carbocycles. The van der Waals surface area contributed by atoms with Crippen molar-refractivity contribution >= 4 is 17.6 Å². The van der Waals surface area contributed by atoms with Gasteiger partial charge in [-0.05, 0) is 44.0 Å². The molecule has 2 aromatic heterocycles. The molecule has 0 aliphatic carbocycles. The molecule has 2 saturated heterocycles. The third-order valence-corrected chi connectivity index (χ3v) is 4.91. The van der Waals surface area contributed by atoms with E-state index in [1.54, 1.807) is 0 Å². The van der Waals surface area contributed by atoms with Crippen LogP contribution >= 0.6 is 0 Å². The Bertz CT molecular complexity index is 704. The molecule has 4 rings (SSSR count). The van der Waals surface area contributed by atoms with Gasteiger partial charge >= 0.3 is 0 Å². The van der Waals surface area contributed by atoms with Crippen LogP contribution in [0.15, 0.2) is 24.4 Å². The summed E-state index contributed by atoms with van der Waals surface area (Å²) >= 11 is 0. The molecule has 1 atom stereocenters. The maximum atomic E-state index is 5.47. The molecule has 4 heterocycles. The summed E-state index contributed by atoms with van der Waals surface area (Å²) in [5.74, 6) is 2.83. The normalized spacial score (nSPS) is 20.8. The minimum Gasteiger partial charge on any atom is -0.378 e. The Balaban J connectivity index is 1.64. The molecule has 2 aliphatic rings. The number of hydrogen-bond acceptors (Lipinski definition) is 7. The highest BCUT2D eigenvalue weighted by Gasteiger charge is 2.21. The number of ether oxygens (including phenoxy) is 1. The summed E-state index contributed by atoms with van der Waals surface area (Å²) in [5, 5.41) is 6.85. The number of morpholine rings is 1. The van der Waals surface area contributed by atoms with Gasteiger partial charge in [-0.15, -0.1) is 0 Å². The van der Waals surface area contributed by atoms with Crippen LogP contribution in [0.1, 0.15) is 30.0 Å². The average Bonchev–Trinajstić information content (AvgIpc) is 2.69. The Morgan fingerprint density at radius 3 is 2.85 bits per heavy atom. The second-order valence-corrected chi connectivity index (χ2v) is 6.96. The minimum absolute atomic E-state index is 0.428. The molecule has 2 fully saturated rings. The van der Waals surface area contributed by atoms with Crippen molar-refractivity contribution in [2.75, 3.05) is 49.6 Å². The third kappa shape index (κ3) is 4.11. The van der Waals surface area contributed by atoms with E-state index < -0.39 is 0 Å². The van der Waals surface area contributed by atoms with E-state index in [1.807, 2.05) is 18.3 Å². The number of rotatable bonds is 4. The van der Waals surface area contributed by atoms with Crippen LogP contribution in [0.25, 0.3) is 0 Å². The van der Waals surface area contributed by atoms with E-state index in [0.29, 0.717) is 5.92 Å². The van der Waals surface area contributed by atoms with Crippen LogP contribution < -0.4 is 15.5 Å². The SMILES string of the molecule is Cc1ccnc(Nc2cc(C3CCCNC3)nc(N3CCOCC3)n2)c1. The first-order valence-electron chi connectivity index (χ1n) is 9.40. The molecule has 2 N–H and O–H groups in total. The first-order chi connectivity index (χ1) is 12.8. The molecule has 0 amide bonds. The Morgan fingerprint density at radius 1 is 1.19 bits per heavy atom. The zero-order valence-corrected chi connectivity index (χ0v) is 15.2. The molecule has 2 aliphatic heterocycles. The Kier molecular flexibility index (Phi) is 5.26. The van der Waals surface area contributed by atoms with Crippen LogP contribution in [-0.2, 0) is 4.74 Å². The number of pyridine rings is 1. The number of aryl methyl sites for hydroxylation is 1. The van der Waals surface area contributed by atoms with Crippen LogP contribution in [-0.4, -0.2) is 54.3 Å². The molecule has 2 aromatic rings. The van der Waals surface area contributed by atoms with Gasteiger partial charge in [0.15, 0.2) is 0 Å². The minimum atomic E-state index is 0.428. The van der Waals surface area contributed by atoms with Crippen molar-refractivity contribution in [2.24, 2.45) is 0 Å². The van der Waals surface area contributed by atoms with Crippen LogP contribution in [0.3, 0.4) is 0 Å². The summed E-state index contributed by atoms with van der Waals surface area (Å²) in [7, 11) is 0. The number of anilines is 3. The number of nitrogens with one attached hydrogen (secondary N) is 2. The van der Waals surface area contributed by atoms with E-state index in [0.717, 1.165) is 69.1 Å². The van der Waals surface area contributed by atoms with Gasteiger partial charge < -0.3 is 20.3 Å². The molecule has 0 bridgehead atoms. The summed E-state index contributed by atoms with van der Waals surface area (Å²) in [4.78, 5) is 16.3. The van der Waals surface area contributed by atoms with E-state index in [2.05, 4.69) is 33.5 Å². The Morgan fingerprint density at radius 2 is 2.08 bits per heavy atom. The first-order valence-corrected chi connectivity index (χ1v) is 9.40. The number of piperidine rings is 1. The lowest BCUT2D eigenvalue weighted by Gasteiger charge is -2.29. The first kappa shape index (κ1) is 17.2. The summed E-state index contributed by atoms with van der Waals surface area (Å²) in [6.07, 6.45) is 4.16. The second-order valence-electron chi connectivity index (χ2n) is 6.96. The highest BCUT2D eigenvalue weighted by Crippen LogP contribution is 2.26. The van der Waals surface area contributed by atoms with Gasteiger partial charge in [0, 0.05) is 37.8 Å². The maximum Gasteiger partial charge on any atom is 0.227 e. The summed E-state index contributed by atoms with van der Waals surface area (Å²) in [6, 6.07) is 6.09. The highest BCUT2D eigenvalue weighted by molar-refractivity contribution is 5.55. The fourth-order valence-corrected chi connectivity index (χ4v) is 3.47. The van der Waals surface area contributed by atoms with E-state index in [-0.39, 0.29) is 0 Å². The lowest BCUT2D eigenvalue weighted by Crippen LogP contribution is -2.38. The van der Waals surface area contributed by atoms with Crippen molar-refractivity contribution in [3.63, 3.8) is 0 Å². The number of aromatic nitrogens is 3. The highest BCUT2D eigenvalue weighted by atomic mass is 16.5. The predicted octanol–water partition coefficient (Wildman–Crippen LogP) is 2.23. The smallest absolute Gasteiger partial charge is 0.227 e. The van der Waals surface area contributed by atoms with Gasteiger partial charge in [0.05, 0.1) is 18.9 Å². The van der Waals surface area contributed by atoms with Gasteiger partial charge in [0.2, 0.25) is 5.95 Å². The van der Waals surface area contributed by atoms with Gasteiger partial charge in [0.25, 0.3) is 0 Å². The molecular formula is C19H26N6O. The van der Waals surface area contributed by atoms with E-state index >= 15 is 0 Å². The van der Waals surface area contributed by atoms with Crippen molar-refractivity contribution in [3.05, 3.63) is 35.7 Å². The lowest BCUT2D eigenvalue weighted by molar-refractivity contribution is 0.122. The zero-order valence-electron chi connectivity index (χ0n) is 15.2. The van der Waals surface area contributed by atoms with Crippen molar-refractivity contribution < 1.29 is 4.74 Å². The fourth-order valence-electron chi connectivity index (χ4n) is 3.47. The predicted molar refractivity (Wildman–Crippen MR) is 102 cm³/mol. The fraction of sp³-hybridized carbons (Fsp3) is 0.526. The second kappa shape index (κ2) is 7.97. The van der Waals surface area contributed by atoms with E-state index in [4.69, 9.17) is 14.7 Å². The van der Waals surface area contributed by atoms with E-state index in [9.17, 15) is 0 Å². The molecular weight excluding hydrogens is 328 g/mol. The van der Waals surface area contributed by atoms with Crippen LogP contribution in [0.5, 0.6) is 0 Å². The quantitative estimate of drug-likeness (QED) is 0.872. The van der Waals surface area contributed by atoms with Gasteiger partial charge in [-0.1, -0.05) is 0 Å². The standard InChI is InChI=1S/C19H26N6O/c1-14-4-6-21-17(11-14)23-18-12-16(15-3-2-5-20-13-15)22-19(24-18)25-7-9-26-10-8-25/h4,6,11-12,15,20H,2-3,5,7-10,13H2,1H3,(H,21,22,23,24). The van der Waals surface area contributed by atoms with Gasteiger partial charge in [-0.3, -0.25) is 0 Å². The molecule has 7 heteroatoms. The lowest BCUT2D eigenvalue weighted by atomic mass is 9.96.